The summed E-state index contributed by atoms with van der Waals surface area (Å²) in [5.74, 6) is -0.607. The molecular weight excluding hydrogens is 660 g/mol. The number of urea groups is 1. The van der Waals surface area contributed by atoms with Crippen LogP contribution in [-0.4, -0.2) is 120 Å². The highest BCUT2D eigenvalue weighted by atomic mass is 16.6. The molecule has 3 aromatic rings. The number of nitrogens with zero attached hydrogens (tertiary/aromatic N) is 4. The number of likely N-dealkylation sites (tertiary alicyclic amines) is 3. The van der Waals surface area contributed by atoms with Gasteiger partial charge in [-0.3, -0.25) is 9.59 Å². The molecule has 2 atom stereocenters. The largest absolute Gasteiger partial charge is 0.435 e. The Hall–Kier alpha value is -4.42. The maximum atomic E-state index is 14.4. The minimum absolute atomic E-state index is 0.00307. The Bertz CT molecular complexity index is 1820. The van der Waals surface area contributed by atoms with Crippen LogP contribution in [0, 0.1) is 6.92 Å². The second kappa shape index (κ2) is 15.7. The smallest absolute Gasteiger partial charge is 0.410 e. The monoisotopic (exact) mass is 712 g/mol. The lowest BCUT2D eigenvalue weighted by atomic mass is 9.90. The first-order valence-corrected chi connectivity index (χ1v) is 19.0. The van der Waals surface area contributed by atoms with Crippen molar-refractivity contribution < 1.29 is 23.9 Å². The molecule has 4 aliphatic rings. The minimum atomic E-state index is -1.02. The summed E-state index contributed by atoms with van der Waals surface area (Å²) in [6.07, 6.45) is 4.64. The Balaban J connectivity index is 1.03. The number of hydrogen-bond acceptors (Lipinski definition) is 7. The number of methoxy groups -OCH3 is 1. The van der Waals surface area contributed by atoms with Crippen molar-refractivity contribution in [2.75, 3.05) is 58.2 Å². The van der Waals surface area contributed by atoms with Crippen LogP contribution >= 0.6 is 0 Å². The van der Waals surface area contributed by atoms with Gasteiger partial charge < -0.3 is 39.4 Å². The molecule has 3 saturated heterocycles. The molecule has 278 valence electrons. The van der Waals surface area contributed by atoms with Crippen LogP contribution in [-0.2, 0) is 20.7 Å². The Morgan fingerprint density at radius 3 is 2.25 bits per heavy atom. The third kappa shape index (κ3) is 7.68. The SMILES string of the molecule is COC1CCN(C2CCN(C(=O)C(OC(=O)N3CCC(N4CCc5ccccc5NC4=O)CC3)[C@H](C)c3cc(C)c4[nH]c(=O)ccc4c3)CC2)CC1. The first-order chi connectivity index (χ1) is 25.2. The maximum Gasteiger partial charge on any atom is 0.410 e. The predicted octanol–water partition coefficient (Wildman–Crippen LogP) is 5.10. The molecule has 7 rings (SSSR count). The number of fused-ring (bicyclic) bond motifs is 2. The normalized spacial score (nSPS) is 21.0. The average molecular weight is 713 g/mol. The lowest BCUT2D eigenvalue weighted by molar-refractivity contribution is -0.143. The van der Waals surface area contributed by atoms with Crippen LogP contribution in [0.2, 0.25) is 0 Å². The van der Waals surface area contributed by atoms with Crippen molar-refractivity contribution in [2.24, 2.45) is 0 Å². The fourth-order valence-electron chi connectivity index (χ4n) is 8.67. The first kappa shape index (κ1) is 36.0. The average Bonchev–Trinajstić information content (AvgIpc) is 3.34. The van der Waals surface area contributed by atoms with Gasteiger partial charge in [-0.15, -0.1) is 0 Å². The van der Waals surface area contributed by atoms with Gasteiger partial charge in [-0.25, -0.2) is 9.59 Å². The van der Waals surface area contributed by atoms with Crippen molar-refractivity contribution in [1.29, 1.82) is 0 Å². The Morgan fingerprint density at radius 1 is 0.827 bits per heavy atom. The predicted molar refractivity (Wildman–Crippen MR) is 200 cm³/mol. The number of H-pyrrole nitrogens is 1. The first-order valence-electron chi connectivity index (χ1n) is 19.0. The molecule has 2 N–H and O–H groups in total. The molecule has 0 spiro atoms. The zero-order chi connectivity index (χ0) is 36.4. The summed E-state index contributed by atoms with van der Waals surface area (Å²) in [6, 6.07) is 15.4. The number of aromatic nitrogens is 1. The highest BCUT2D eigenvalue weighted by Gasteiger charge is 2.39. The van der Waals surface area contributed by atoms with E-state index in [4.69, 9.17) is 9.47 Å². The van der Waals surface area contributed by atoms with Crippen LogP contribution in [0.15, 0.2) is 53.3 Å². The number of anilines is 1. The second-order valence-electron chi connectivity index (χ2n) is 15.0. The van der Waals surface area contributed by atoms with Crippen molar-refractivity contribution >= 4 is 34.6 Å². The number of nitrogens with one attached hydrogen (secondary N) is 2. The minimum Gasteiger partial charge on any atom is -0.435 e. The fourth-order valence-corrected chi connectivity index (χ4v) is 8.67. The van der Waals surface area contributed by atoms with Crippen LogP contribution in [0.4, 0.5) is 15.3 Å². The molecule has 1 aromatic heterocycles. The highest BCUT2D eigenvalue weighted by molar-refractivity contribution is 5.91. The number of amides is 4. The van der Waals surface area contributed by atoms with Gasteiger partial charge in [0.05, 0.1) is 11.6 Å². The zero-order valence-electron chi connectivity index (χ0n) is 30.6. The van der Waals surface area contributed by atoms with E-state index in [0.717, 1.165) is 78.5 Å². The number of aryl methyl sites for hydroxylation is 1. The molecule has 4 aliphatic heterocycles. The van der Waals surface area contributed by atoms with Crippen LogP contribution in [0.25, 0.3) is 10.9 Å². The van der Waals surface area contributed by atoms with E-state index in [9.17, 15) is 19.2 Å². The fraction of sp³-hybridized carbons (Fsp3) is 0.550. The van der Waals surface area contributed by atoms with Crippen molar-refractivity contribution in [3.05, 3.63) is 75.6 Å². The van der Waals surface area contributed by atoms with E-state index in [0.29, 0.717) is 57.7 Å². The number of ether oxygens (including phenoxy) is 2. The summed E-state index contributed by atoms with van der Waals surface area (Å²) >= 11 is 0. The van der Waals surface area contributed by atoms with E-state index in [-0.39, 0.29) is 23.5 Å². The van der Waals surface area contributed by atoms with Gasteiger partial charge in [-0.05, 0) is 92.1 Å². The number of para-hydroxylation sites is 1. The van der Waals surface area contributed by atoms with E-state index in [1.807, 2.05) is 60.0 Å². The van der Waals surface area contributed by atoms with Gasteiger partial charge >= 0.3 is 12.1 Å². The van der Waals surface area contributed by atoms with Crippen LogP contribution in [0.1, 0.15) is 68.1 Å². The number of benzene rings is 2. The summed E-state index contributed by atoms with van der Waals surface area (Å²) in [6.45, 7) is 8.60. The van der Waals surface area contributed by atoms with E-state index < -0.39 is 18.1 Å². The molecule has 12 heteroatoms. The summed E-state index contributed by atoms with van der Waals surface area (Å²) in [7, 11) is 1.78. The molecule has 0 saturated carbocycles. The topological polar surface area (TPSA) is 128 Å². The van der Waals surface area contributed by atoms with Gasteiger partial charge in [0.1, 0.15) is 0 Å². The van der Waals surface area contributed by atoms with E-state index >= 15 is 0 Å². The van der Waals surface area contributed by atoms with Crippen molar-refractivity contribution in [3.8, 4) is 0 Å². The van der Waals surface area contributed by atoms with Gasteiger partial charge in [0, 0.05) is 82.7 Å². The van der Waals surface area contributed by atoms with E-state index in [1.165, 1.54) is 6.07 Å². The Morgan fingerprint density at radius 2 is 1.52 bits per heavy atom. The second-order valence-corrected chi connectivity index (χ2v) is 15.0. The summed E-state index contributed by atoms with van der Waals surface area (Å²) in [4.78, 5) is 64.4. The molecule has 5 heterocycles. The van der Waals surface area contributed by atoms with Gasteiger partial charge in [-0.2, -0.15) is 0 Å². The van der Waals surface area contributed by atoms with E-state index in [1.54, 1.807) is 18.1 Å². The third-order valence-corrected chi connectivity index (χ3v) is 11.9. The van der Waals surface area contributed by atoms with Gasteiger partial charge in [0.2, 0.25) is 5.56 Å². The van der Waals surface area contributed by atoms with Crippen molar-refractivity contribution in [2.45, 2.75) is 89.0 Å². The Labute approximate surface area is 305 Å². The highest BCUT2D eigenvalue weighted by Crippen LogP contribution is 2.31. The van der Waals surface area contributed by atoms with Gasteiger partial charge in [0.25, 0.3) is 5.91 Å². The lowest BCUT2D eigenvalue weighted by Gasteiger charge is -2.42. The molecule has 0 radical (unpaired) electrons. The number of piperidine rings is 3. The molecule has 0 aliphatic carbocycles. The molecule has 0 bridgehead atoms. The summed E-state index contributed by atoms with van der Waals surface area (Å²) < 4.78 is 11.8. The third-order valence-electron chi connectivity index (χ3n) is 11.9. The number of pyridine rings is 1. The lowest BCUT2D eigenvalue weighted by Crippen LogP contribution is -2.53. The van der Waals surface area contributed by atoms with Crippen LogP contribution < -0.4 is 10.9 Å². The van der Waals surface area contributed by atoms with E-state index in [2.05, 4.69) is 15.2 Å². The molecule has 3 fully saturated rings. The zero-order valence-corrected chi connectivity index (χ0v) is 30.6. The molecule has 52 heavy (non-hydrogen) atoms. The number of carbonyl (C=O) groups is 3. The molecule has 1 unspecified atom stereocenters. The standard InChI is InChI=1S/C40H52N6O6/c1-26-24-30(25-29-8-9-35(47)42-36(26)29)27(2)37(38(48)44-17-11-31(12-18-44)43-21-15-33(51-3)16-22-43)52-40(50)45-19-13-32(14-20-45)46-23-10-28-6-4-5-7-34(28)41-39(46)49/h4-9,24-25,27,31-33,37H,10-23H2,1-3H3,(H,41,49)(H,42,47)/t27-,37?/m1/s1. The van der Waals surface area contributed by atoms with Crippen molar-refractivity contribution in [3.63, 3.8) is 0 Å². The summed E-state index contributed by atoms with van der Waals surface area (Å²) in [5, 5.41) is 3.92. The number of aromatic amines is 1. The number of rotatable bonds is 7. The molecular formula is C40H52N6O6. The molecule has 12 nitrogen and oxygen atoms in total. The quantitative estimate of drug-likeness (QED) is 0.349. The van der Waals surface area contributed by atoms with Crippen LogP contribution in [0.3, 0.4) is 0 Å². The molecule has 4 amide bonds. The summed E-state index contributed by atoms with van der Waals surface area (Å²) in [5.41, 5.74) is 4.31. The Kier molecular flexibility index (Phi) is 10.8. The number of hydrogen-bond donors (Lipinski definition) is 2. The van der Waals surface area contributed by atoms with Crippen LogP contribution in [0.5, 0.6) is 0 Å². The van der Waals surface area contributed by atoms with Gasteiger partial charge in [-0.1, -0.05) is 31.2 Å². The van der Waals surface area contributed by atoms with Crippen molar-refractivity contribution in [1.82, 2.24) is 24.6 Å². The molecule has 2 aromatic carbocycles. The number of carbonyl (C=O) groups excluding carboxylic acids is 3. The van der Waals surface area contributed by atoms with Gasteiger partial charge in [0.15, 0.2) is 6.10 Å². The maximum absolute atomic E-state index is 14.4.